The first-order valence-electron chi connectivity index (χ1n) is 16.1. The summed E-state index contributed by atoms with van der Waals surface area (Å²) in [6.45, 7) is 8.85. The number of piperazine rings is 1. The summed E-state index contributed by atoms with van der Waals surface area (Å²) in [5.41, 5.74) is 0.883. The highest BCUT2D eigenvalue weighted by atomic mass is 16.6. The Kier molecular flexibility index (Phi) is 10.2. The number of nitrogens with one attached hydrogen (secondary N) is 1. The Morgan fingerprint density at radius 2 is 1.62 bits per heavy atom. The summed E-state index contributed by atoms with van der Waals surface area (Å²) >= 11 is 0. The normalized spacial score (nSPS) is 21.3. The number of hydrogen-bond donors (Lipinski definition) is 2. The summed E-state index contributed by atoms with van der Waals surface area (Å²) in [5.74, 6) is -0.872. The summed E-state index contributed by atoms with van der Waals surface area (Å²) in [4.78, 5) is 65.9. The molecule has 3 fully saturated rings. The Hall–Kier alpha value is -4.22. The van der Waals surface area contributed by atoms with Gasteiger partial charge in [0.25, 0.3) is 5.91 Å². The van der Waals surface area contributed by atoms with E-state index in [1.54, 1.807) is 15.9 Å². The van der Waals surface area contributed by atoms with Gasteiger partial charge in [0.05, 0.1) is 12.5 Å². The Bertz CT molecular complexity index is 1370. The molecule has 2 saturated heterocycles. The van der Waals surface area contributed by atoms with Crippen molar-refractivity contribution in [2.45, 2.75) is 52.5 Å². The lowest BCUT2D eigenvalue weighted by Gasteiger charge is -2.36. The van der Waals surface area contributed by atoms with Crippen LogP contribution in [0.25, 0.3) is 11.4 Å². The van der Waals surface area contributed by atoms with Gasteiger partial charge in [-0.15, -0.1) is 0 Å². The Balaban J connectivity index is 1.24. The standard InChI is InChI=1S/C33H44N6O6/c1-4-5-6-10-17-45-33(44)38-15-13-37(14-16-38)31(41)28(21(2)3)36-30(40)25-18-26(35-29(34-25)22-11-8-7-9-12-22)39-19-23-24(20-39)27(23)32(42)43/h7-9,11-12,18,21,23-24,27-28H,4-6,10,13-17,19-20H2,1-3H3,(H,36,40)(H,42,43)/t23?,24?,27?,28-/m0/s1. The maximum Gasteiger partial charge on any atom is 0.409 e. The quantitative estimate of drug-likeness (QED) is 0.341. The van der Waals surface area contributed by atoms with Crippen molar-refractivity contribution in [2.24, 2.45) is 23.7 Å². The molecule has 1 aromatic carbocycles. The monoisotopic (exact) mass is 620 g/mol. The van der Waals surface area contributed by atoms with Crippen LogP contribution in [0.3, 0.4) is 0 Å². The average Bonchev–Trinajstić information content (AvgIpc) is 3.57. The number of anilines is 1. The van der Waals surface area contributed by atoms with Crippen molar-refractivity contribution in [1.29, 1.82) is 0 Å². The van der Waals surface area contributed by atoms with E-state index in [9.17, 15) is 24.3 Å². The van der Waals surface area contributed by atoms with Crippen LogP contribution < -0.4 is 10.2 Å². The molecule has 0 bridgehead atoms. The zero-order valence-electron chi connectivity index (χ0n) is 26.4. The molecular formula is C33H44N6O6. The molecule has 2 N–H and O–H groups in total. The number of aliphatic carboxylic acids is 1. The van der Waals surface area contributed by atoms with Gasteiger partial charge in [-0.3, -0.25) is 14.4 Å². The molecule has 45 heavy (non-hydrogen) atoms. The maximum absolute atomic E-state index is 13.7. The highest BCUT2D eigenvalue weighted by molar-refractivity contribution is 5.97. The fraction of sp³-hybridized carbons (Fsp3) is 0.576. The number of rotatable bonds is 12. The van der Waals surface area contributed by atoms with E-state index >= 15 is 0 Å². The first-order chi connectivity index (χ1) is 21.7. The number of amides is 3. The van der Waals surface area contributed by atoms with Crippen molar-refractivity contribution in [3.63, 3.8) is 0 Å². The van der Waals surface area contributed by atoms with Crippen molar-refractivity contribution >= 4 is 29.7 Å². The van der Waals surface area contributed by atoms with Gasteiger partial charge in [-0.2, -0.15) is 0 Å². The number of ether oxygens (including phenoxy) is 1. The van der Waals surface area contributed by atoms with Crippen LogP contribution in [0.5, 0.6) is 0 Å². The van der Waals surface area contributed by atoms with Gasteiger partial charge in [0.15, 0.2) is 5.82 Å². The molecule has 3 aliphatic rings. The smallest absolute Gasteiger partial charge is 0.409 e. The maximum atomic E-state index is 13.7. The van der Waals surface area contributed by atoms with E-state index in [2.05, 4.69) is 17.2 Å². The summed E-state index contributed by atoms with van der Waals surface area (Å²) in [7, 11) is 0. The molecule has 2 aromatic rings. The van der Waals surface area contributed by atoms with E-state index in [0.29, 0.717) is 57.5 Å². The first kappa shape index (κ1) is 32.2. The fourth-order valence-electron chi connectivity index (χ4n) is 6.32. The predicted molar refractivity (Wildman–Crippen MR) is 168 cm³/mol. The molecule has 2 aliphatic heterocycles. The van der Waals surface area contributed by atoms with Crippen molar-refractivity contribution in [1.82, 2.24) is 25.1 Å². The van der Waals surface area contributed by atoms with Gasteiger partial charge >= 0.3 is 12.1 Å². The second-order valence-corrected chi connectivity index (χ2v) is 12.6. The lowest BCUT2D eigenvalue weighted by molar-refractivity contribution is -0.139. The van der Waals surface area contributed by atoms with Crippen molar-refractivity contribution < 1.29 is 29.0 Å². The lowest BCUT2D eigenvalue weighted by atomic mass is 10.0. The minimum atomic E-state index is -0.788. The van der Waals surface area contributed by atoms with Crippen LogP contribution in [-0.4, -0.2) is 101 Å². The average molecular weight is 621 g/mol. The number of carboxylic acid groups (broad SMARTS) is 1. The van der Waals surface area contributed by atoms with Crippen LogP contribution in [0.2, 0.25) is 0 Å². The van der Waals surface area contributed by atoms with Gasteiger partial charge in [0.2, 0.25) is 5.91 Å². The van der Waals surface area contributed by atoms with Gasteiger partial charge in [0.1, 0.15) is 17.6 Å². The van der Waals surface area contributed by atoms with Crippen LogP contribution in [-0.2, 0) is 14.3 Å². The Morgan fingerprint density at radius 1 is 0.956 bits per heavy atom. The number of aromatic nitrogens is 2. The van der Waals surface area contributed by atoms with Crippen LogP contribution >= 0.6 is 0 Å². The molecule has 12 nitrogen and oxygen atoms in total. The largest absolute Gasteiger partial charge is 0.481 e. The van der Waals surface area contributed by atoms with E-state index in [0.717, 1.165) is 31.2 Å². The van der Waals surface area contributed by atoms with Gasteiger partial charge in [-0.05, 0) is 24.2 Å². The van der Waals surface area contributed by atoms with Crippen molar-refractivity contribution in [2.75, 3.05) is 50.8 Å². The number of carboxylic acids is 1. The van der Waals surface area contributed by atoms with Gasteiger partial charge < -0.3 is 29.9 Å². The second-order valence-electron chi connectivity index (χ2n) is 12.6. The number of fused-ring (bicyclic) bond motifs is 1. The molecule has 5 rings (SSSR count). The number of carbonyl (C=O) groups is 4. The summed E-state index contributed by atoms with van der Waals surface area (Å²) in [5, 5.41) is 12.4. The van der Waals surface area contributed by atoms with Gasteiger partial charge in [-0.25, -0.2) is 14.8 Å². The number of hydrogen-bond acceptors (Lipinski definition) is 8. The molecule has 3 atom stereocenters. The molecule has 3 amide bonds. The molecular weight excluding hydrogens is 576 g/mol. The number of benzene rings is 1. The fourth-order valence-corrected chi connectivity index (χ4v) is 6.32. The van der Waals surface area contributed by atoms with Gasteiger partial charge in [-0.1, -0.05) is 70.4 Å². The van der Waals surface area contributed by atoms with Crippen molar-refractivity contribution in [3.05, 3.63) is 42.1 Å². The molecule has 3 heterocycles. The highest BCUT2D eigenvalue weighted by Crippen LogP contribution is 2.52. The van der Waals surface area contributed by atoms with E-state index in [1.807, 2.05) is 49.1 Å². The van der Waals surface area contributed by atoms with E-state index in [-0.39, 0.29) is 41.4 Å². The third-order valence-corrected chi connectivity index (χ3v) is 9.07. The van der Waals surface area contributed by atoms with Gasteiger partial charge in [0, 0.05) is 50.9 Å². The minimum absolute atomic E-state index is 0.0750. The van der Waals surface area contributed by atoms with Crippen LogP contribution in [0, 0.1) is 23.7 Å². The zero-order chi connectivity index (χ0) is 32.1. The summed E-state index contributed by atoms with van der Waals surface area (Å²) in [6.07, 6.45) is 3.76. The number of carbonyl (C=O) groups excluding carboxylic acids is 3. The van der Waals surface area contributed by atoms with Crippen LogP contribution in [0.1, 0.15) is 56.9 Å². The van der Waals surface area contributed by atoms with Crippen LogP contribution in [0.15, 0.2) is 36.4 Å². The van der Waals surface area contributed by atoms with E-state index < -0.39 is 17.9 Å². The molecule has 242 valence electrons. The zero-order valence-corrected chi connectivity index (χ0v) is 26.4. The number of nitrogens with zero attached hydrogens (tertiary/aromatic N) is 5. The second kappa shape index (κ2) is 14.3. The summed E-state index contributed by atoms with van der Waals surface area (Å²) in [6, 6.07) is 10.2. The highest BCUT2D eigenvalue weighted by Gasteiger charge is 2.60. The molecule has 1 saturated carbocycles. The topological polar surface area (TPSA) is 145 Å². The Labute approximate surface area is 264 Å². The van der Waals surface area contributed by atoms with E-state index in [4.69, 9.17) is 9.72 Å². The lowest BCUT2D eigenvalue weighted by Crippen LogP contribution is -2.57. The summed E-state index contributed by atoms with van der Waals surface area (Å²) < 4.78 is 5.41. The molecule has 1 aliphatic carbocycles. The number of unbranched alkanes of at least 4 members (excludes halogenated alkanes) is 3. The molecule has 0 radical (unpaired) electrons. The molecule has 2 unspecified atom stereocenters. The molecule has 12 heteroatoms. The molecule has 1 aromatic heterocycles. The number of piperidine rings is 1. The van der Waals surface area contributed by atoms with E-state index in [1.165, 1.54) is 0 Å². The SMILES string of the molecule is CCCCCCOC(=O)N1CCN(C(=O)[C@@H](NC(=O)c2cc(N3CC4C(C3)C4C(=O)O)nc(-c3ccccc3)n2)C(C)C)CC1. The minimum Gasteiger partial charge on any atom is -0.481 e. The Morgan fingerprint density at radius 3 is 2.24 bits per heavy atom. The first-order valence-corrected chi connectivity index (χ1v) is 16.1. The third kappa shape index (κ3) is 7.54. The van der Waals surface area contributed by atoms with Crippen LogP contribution in [0.4, 0.5) is 10.6 Å². The van der Waals surface area contributed by atoms with Crippen molar-refractivity contribution in [3.8, 4) is 11.4 Å². The predicted octanol–water partition coefficient (Wildman–Crippen LogP) is 3.53. The third-order valence-electron chi connectivity index (χ3n) is 9.07. The molecule has 0 spiro atoms.